The number of aromatic nitrogens is 8. The van der Waals surface area contributed by atoms with E-state index < -0.39 is 0 Å². The van der Waals surface area contributed by atoms with Gasteiger partial charge in [0.2, 0.25) is 0 Å². The highest BCUT2D eigenvalue weighted by Crippen LogP contribution is 2.46. The molecule has 0 saturated heterocycles. The Morgan fingerprint density at radius 2 is 0.716 bits per heavy atom. The zero-order chi connectivity index (χ0) is 54.1. The number of aryl methyl sites for hydroxylation is 6. The first-order valence-electron chi connectivity index (χ1n) is 28.0. The van der Waals surface area contributed by atoms with Crippen molar-refractivity contribution >= 4 is 88.8 Å². The Bertz CT molecular complexity index is 4890. The van der Waals surface area contributed by atoms with Crippen LogP contribution in [0.2, 0.25) is 0 Å². The van der Waals surface area contributed by atoms with E-state index >= 15 is 0 Å². The van der Waals surface area contributed by atoms with Crippen molar-refractivity contribution in [3.05, 3.63) is 234 Å². The summed E-state index contributed by atoms with van der Waals surface area (Å²) in [7, 11) is 0. The summed E-state index contributed by atoms with van der Waals surface area (Å²) in [5, 5.41) is 4.59. The Kier molecular flexibility index (Phi) is 9.46. The smallest absolute Gasteiger partial charge is 0.252 e. The lowest BCUT2D eigenvalue weighted by molar-refractivity contribution is 1.06. The molecule has 9 heteroatoms. The van der Waals surface area contributed by atoms with Crippen LogP contribution >= 0.6 is 0 Å². The summed E-state index contributed by atoms with van der Waals surface area (Å²) in [5.74, 6) is 3.64. The number of benzene rings is 9. The average molecular weight is 1040 g/mol. The molecule has 9 aromatic carbocycles. The van der Waals surface area contributed by atoms with Gasteiger partial charge < -0.3 is 0 Å². The molecule has 2 aliphatic heterocycles. The van der Waals surface area contributed by atoms with Gasteiger partial charge in [-0.3, -0.25) is 18.3 Å². The minimum Gasteiger partial charge on any atom is -0.293 e. The van der Waals surface area contributed by atoms with E-state index in [-0.39, 0.29) is 6.71 Å². The number of fused-ring (bicyclic) bond motifs is 12. The molecule has 0 unspecified atom stereocenters. The summed E-state index contributed by atoms with van der Waals surface area (Å²) in [6.45, 7) is 13.1. The molecule has 81 heavy (non-hydrogen) atoms. The van der Waals surface area contributed by atoms with Crippen LogP contribution < -0.4 is 16.4 Å². The van der Waals surface area contributed by atoms with Crippen molar-refractivity contribution in [2.24, 2.45) is 0 Å². The summed E-state index contributed by atoms with van der Waals surface area (Å²) < 4.78 is 9.82. The summed E-state index contributed by atoms with van der Waals surface area (Å²) >= 11 is 0. The number of pyridine rings is 2. The fourth-order valence-corrected chi connectivity index (χ4v) is 14.2. The molecule has 0 amide bonds. The van der Waals surface area contributed by atoms with Crippen LogP contribution in [0.4, 0.5) is 0 Å². The van der Waals surface area contributed by atoms with E-state index in [1.165, 1.54) is 38.6 Å². The van der Waals surface area contributed by atoms with Crippen LogP contribution in [-0.2, 0) is 0 Å². The van der Waals surface area contributed by atoms with Gasteiger partial charge in [-0.25, -0.2) is 19.9 Å². The van der Waals surface area contributed by atoms with E-state index in [2.05, 4.69) is 260 Å². The summed E-state index contributed by atoms with van der Waals surface area (Å²) in [5.41, 5.74) is 27.4. The van der Waals surface area contributed by atoms with Gasteiger partial charge in [0, 0.05) is 55.2 Å². The van der Waals surface area contributed by atoms with Crippen LogP contribution in [0, 0.1) is 41.5 Å². The van der Waals surface area contributed by atoms with Gasteiger partial charge >= 0.3 is 0 Å². The van der Waals surface area contributed by atoms with Gasteiger partial charge in [-0.2, -0.15) is 0 Å². The molecule has 0 bridgehead atoms. The molecule has 6 aromatic heterocycles. The lowest BCUT2D eigenvalue weighted by Crippen LogP contribution is -2.59. The molecule has 15 aromatic rings. The van der Waals surface area contributed by atoms with Gasteiger partial charge in [-0.05, 0) is 128 Å². The van der Waals surface area contributed by atoms with Gasteiger partial charge in [0.15, 0.2) is 0 Å². The Labute approximate surface area is 468 Å². The zero-order valence-corrected chi connectivity index (χ0v) is 45.7. The number of imidazole rings is 2. The first kappa shape index (κ1) is 45.9. The fraction of sp³-hybridized carbons (Fsp3) is 0.0833. The van der Waals surface area contributed by atoms with Crippen LogP contribution in [0.15, 0.2) is 200 Å². The van der Waals surface area contributed by atoms with E-state index in [1.807, 2.05) is 0 Å². The van der Waals surface area contributed by atoms with E-state index in [0.717, 1.165) is 145 Å². The van der Waals surface area contributed by atoms with Crippen molar-refractivity contribution in [2.75, 3.05) is 0 Å². The van der Waals surface area contributed by atoms with Gasteiger partial charge in [-0.1, -0.05) is 164 Å². The highest BCUT2D eigenvalue weighted by molar-refractivity contribution is 7.00. The molecule has 2 aliphatic rings. The number of rotatable bonds is 6. The normalized spacial score (nSPS) is 12.5. The molecular weight excluding hydrogens is 988 g/mol. The van der Waals surface area contributed by atoms with Crippen LogP contribution in [-0.4, -0.2) is 44.9 Å². The van der Waals surface area contributed by atoms with Crippen molar-refractivity contribution < 1.29 is 0 Å². The van der Waals surface area contributed by atoms with Crippen LogP contribution in [0.1, 0.15) is 33.4 Å². The van der Waals surface area contributed by atoms with Gasteiger partial charge in [0.1, 0.15) is 34.3 Å². The van der Waals surface area contributed by atoms with E-state index in [0.29, 0.717) is 0 Å². The molecule has 0 saturated carbocycles. The molecule has 0 N–H and O–H groups in total. The monoisotopic (exact) mass is 1040 g/mol. The largest absolute Gasteiger partial charge is 0.293 e. The highest BCUT2D eigenvalue weighted by atomic mass is 15.2. The predicted octanol–water partition coefficient (Wildman–Crippen LogP) is 15.0. The number of nitrogens with zero attached hydrogens (tertiary/aromatic N) is 8. The lowest BCUT2D eigenvalue weighted by Gasteiger charge is -2.34. The van der Waals surface area contributed by atoms with Crippen molar-refractivity contribution in [3.8, 4) is 68.3 Å². The molecule has 0 fully saturated rings. The first-order chi connectivity index (χ1) is 39.7. The van der Waals surface area contributed by atoms with Gasteiger partial charge in [0.25, 0.3) is 6.71 Å². The zero-order valence-electron chi connectivity index (χ0n) is 45.7. The molecular formula is C72H51BN8. The Morgan fingerprint density at radius 1 is 0.321 bits per heavy atom. The maximum Gasteiger partial charge on any atom is 0.252 e. The molecule has 0 atom stereocenters. The Morgan fingerprint density at radius 3 is 1.15 bits per heavy atom. The molecule has 8 heterocycles. The molecule has 8 nitrogen and oxygen atoms in total. The van der Waals surface area contributed by atoms with Crippen LogP contribution in [0.25, 0.3) is 134 Å². The Balaban J connectivity index is 1.05. The predicted molar refractivity (Wildman–Crippen MR) is 335 cm³/mol. The second-order valence-electron chi connectivity index (χ2n) is 22.4. The second kappa shape index (κ2) is 16.7. The fourth-order valence-electron chi connectivity index (χ4n) is 14.2. The highest BCUT2D eigenvalue weighted by Gasteiger charge is 2.44. The molecule has 0 radical (unpaired) electrons. The minimum absolute atomic E-state index is 0.202. The van der Waals surface area contributed by atoms with E-state index in [4.69, 9.17) is 19.9 Å². The maximum absolute atomic E-state index is 6.04. The molecule has 0 spiro atoms. The summed E-state index contributed by atoms with van der Waals surface area (Å²) in [6.07, 6.45) is 0. The molecule has 17 rings (SSSR count). The minimum atomic E-state index is -0.202. The molecule has 382 valence electrons. The van der Waals surface area contributed by atoms with Crippen molar-refractivity contribution in [1.29, 1.82) is 0 Å². The van der Waals surface area contributed by atoms with Crippen LogP contribution in [0.5, 0.6) is 0 Å². The topological polar surface area (TPSA) is 71.3 Å². The summed E-state index contributed by atoms with van der Waals surface area (Å²) in [6, 6.07) is 72.6. The molecule has 0 aliphatic carbocycles. The first-order valence-corrected chi connectivity index (χ1v) is 28.0. The summed E-state index contributed by atoms with van der Waals surface area (Å²) in [4.78, 5) is 23.2. The van der Waals surface area contributed by atoms with Gasteiger partial charge in [0.05, 0.1) is 44.5 Å². The second-order valence-corrected chi connectivity index (χ2v) is 22.4. The van der Waals surface area contributed by atoms with E-state index in [9.17, 15) is 0 Å². The number of hydrogen-bond acceptors (Lipinski definition) is 4. The Hall–Kier alpha value is -10.1. The quantitative estimate of drug-likeness (QED) is 0.156. The van der Waals surface area contributed by atoms with Gasteiger partial charge in [-0.15, -0.1) is 0 Å². The standard InChI is InChI=1S/C72H51BN8/c1-40-20-17-21-41(2)60(40)71-76-63-65-50(48-28-13-15-30-56(48)78(65)69-44(5)34-36-54(74-69)46-24-9-7-10-25-46)38-52-67(63)80(71)58-32-19-33-59-62(58)73(52)53-39-51-49-29-14-16-31-57(49)79(70-45(6)35-37-55(75-70)47-26-11-8-12-27-47)66(51)64-68(53)81(59)72(77-64)61-42(3)22-18-23-43(61)4/h7-39H,1-6H3. The SMILES string of the molecule is Cc1ccc(-c2ccccc2)nc1-n1c2ccccc2c2cc3c4c(nc(-c5c(C)cccc5C)n4-c4cccc5c4B3c3cc4c6ccccc6n(-c6nc(-c7ccccc7)ccc6C)c4c4nc(-c6c(C)cccc6C)n-5c34)c21. The number of para-hydroxylation sites is 2. The van der Waals surface area contributed by atoms with Crippen molar-refractivity contribution in [1.82, 2.24) is 38.2 Å². The van der Waals surface area contributed by atoms with E-state index in [1.54, 1.807) is 0 Å². The third-order valence-corrected chi connectivity index (χ3v) is 17.7. The lowest BCUT2D eigenvalue weighted by atomic mass is 9.34. The van der Waals surface area contributed by atoms with Crippen molar-refractivity contribution in [3.63, 3.8) is 0 Å². The number of hydrogen-bond donors (Lipinski definition) is 0. The van der Waals surface area contributed by atoms with Crippen molar-refractivity contribution in [2.45, 2.75) is 41.5 Å². The maximum atomic E-state index is 6.04. The third-order valence-electron chi connectivity index (χ3n) is 17.7. The van der Waals surface area contributed by atoms with Crippen LogP contribution in [0.3, 0.4) is 0 Å². The average Bonchev–Trinajstić information content (AvgIpc) is 3.81. The third kappa shape index (κ3) is 6.20.